The van der Waals surface area contributed by atoms with Gasteiger partial charge in [0.15, 0.2) is 9.84 Å². The van der Waals surface area contributed by atoms with E-state index in [9.17, 15) is 17.9 Å². The highest BCUT2D eigenvalue weighted by molar-refractivity contribution is 7.91. The van der Waals surface area contributed by atoms with Crippen LogP contribution in [0.3, 0.4) is 0 Å². The van der Waals surface area contributed by atoms with Gasteiger partial charge in [0.2, 0.25) is 0 Å². The average Bonchev–Trinajstić information content (AvgIpc) is 3.03. The lowest BCUT2D eigenvalue weighted by Gasteiger charge is -2.30. The Hall–Kier alpha value is -1.96. The van der Waals surface area contributed by atoms with Gasteiger partial charge in [-0.15, -0.1) is 0 Å². The number of benzene rings is 2. The van der Waals surface area contributed by atoms with E-state index in [1.807, 2.05) is 36.9 Å². The van der Waals surface area contributed by atoms with Crippen LogP contribution < -0.4 is 4.74 Å². The number of nitrogens with zero attached hydrogens (tertiary/aromatic N) is 1. The fourth-order valence-corrected chi connectivity index (χ4v) is 5.33. The van der Waals surface area contributed by atoms with Crippen molar-refractivity contribution >= 4 is 9.84 Å². The minimum absolute atomic E-state index is 0.0339. The number of ether oxygens (including phenoxy) is 1. The van der Waals surface area contributed by atoms with Crippen LogP contribution in [0.4, 0.5) is 4.39 Å². The molecule has 0 radical (unpaired) electrons. The highest BCUT2D eigenvalue weighted by Crippen LogP contribution is 2.22. The Morgan fingerprint density at radius 2 is 1.97 bits per heavy atom. The van der Waals surface area contributed by atoms with Gasteiger partial charge in [0.1, 0.15) is 24.3 Å². The molecule has 0 amide bonds. The first-order chi connectivity index (χ1) is 13.7. The quantitative estimate of drug-likeness (QED) is 0.710. The molecule has 1 aliphatic rings. The predicted molar refractivity (Wildman–Crippen MR) is 111 cm³/mol. The largest absolute Gasteiger partial charge is 0.491 e. The summed E-state index contributed by atoms with van der Waals surface area (Å²) in [6.45, 7) is 4.54. The number of halogens is 1. The van der Waals surface area contributed by atoms with Crippen LogP contribution in [0.1, 0.15) is 23.1 Å². The van der Waals surface area contributed by atoms with Crippen molar-refractivity contribution in [1.29, 1.82) is 0 Å². The second-order valence-corrected chi connectivity index (χ2v) is 10.0. The molecule has 1 heterocycles. The summed E-state index contributed by atoms with van der Waals surface area (Å²) in [5.74, 6) is 0.503. The monoisotopic (exact) mass is 421 g/mol. The van der Waals surface area contributed by atoms with Crippen molar-refractivity contribution < 1.29 is 22.7 Å². The molecule has 158 valence electrons. The van der Waals surface area contributed by atoms with E-state index in [4.69, 9.17) is 4.74 Å². The Balaban J connectivity index is 1.66. The Kier molecular flexibility index (Phi) is 6.93. The summed E-state index contributed by atoms with van der Waals surface area (Å²) >= 11 is 0. The normalized spacial score (nSPS) is 19.4. The molecular weight excluding hydrogens is 393 g/mol. The molecule has 5 nitrogen and oxygen atoms in total. The highest BCUT2D eigenvalue weighted by atomic mass is 32.2. The van der Waals surface area contributed by atoms with Gasteiger partial charge in [-0.1, -0.05) is 24.3 Å². The Morgan fingerprint density at radius 1 is 1.21 bits per heavy atom. The average molecular weight is 422 g/mol. The van der Waals surface area contributed by atoms with Crippen LogP contribution in [0.2, 0.25) is 0 Å². The van der Waals surface area contributed by atoms with E-state index in [1.165, 1.54) is 6.07 Å². The molecule has 0 spiro atoms. The molecule has 7 heteroatoms. The first-order valence-corrected chi connectivity index (χ1v) is 11.6. The molecule has 29 heavy (non-hydrogen) atoms. The summed E-state index contributed by atoms with van der Waals surface area (Å²) in [4.78, 5) is 1.86. The topological polar surface area (TPSA) is 66.8 Å². The van der Waals surface area contributed by atoms with E-state index < -0.39 is 15.9 Å². The van der Waals surface area contributed by atoms with Gasteiger partial charge in [0.25, 0.3) is 0 Å². The molecule has 1 fully saturated rings. The Morgan fingerprint density at radius 3 is 2.62 bits per heavy atom. The van der Waals surface area contributed by atoms with Gasteiger partial charge >= 0.3 is 0 Å². The van der Waals surface area contributed by atoms with E-state index in [-0.39, 0.29) is 43.1 Å². The number of hydrogen-bond acceptors (Lipinski definition) is 5. The maximum atomic E-state index is 14.1. The van der Waals surface area contributed by atoms with Crippen LogP contribution in [0.25, 0.3) is 0 Å². The van der Waals surface area contributed by atoms with Gasteiger partial charge in [-0.25, -0.2) is 12.8 Å². The molecule has 1 N–H and O–H groups in total. The number of sulfone groups is 1. The molecule has 0 aromatic heterocycles. The summed E-state index contributed by atoms with van der Waals surface area (Å²) in [6, 6.07) is 11.9. The fraction of sp³-hybridized carbons (Fsp3) is 0.455. The van der Waals surface area contributed by atoms with Crippen LogP contribution in [0, 0.1) is 19.7 Å². The van der Waals surface area contributed by atoms with Crippen molar-refractivity contribution in [2.75, 3.05) is 24.7 Å². The maximum Gasteiger partial charge on any atom is 0.151 e. The maximum absolute atomic E-state index is 14.1. The summed E-state index contributed by atoms with van der Waals surface area (Å²) < 4.78 is 43.7. The molecule has 2 aromatic rings. The van der Waals surface area contributed by atoms with E-state index in [0.29, 0.717) is 17.7 Å². The second-order valence-electron chi connectivity index (χ2n) is 7.79. The third-order valence-corrected chi connectivity index (χ3v) is 7.17. The number of rotatable bonds is 8. The van der Waals surface area contributed by atoms with Crippen LogP contribution in [0.5, 0.6) is 5.75 Å². The Bertz CT molecular complexity index is 948. The molecule has 0 saturated carbocycles. The van der Waals surface area contributed by atoms with E-state index in [2.05, 4.69) is 0 Å². The van der Waals surface area contributed by atoms with Crippen LogP contribution in [0.15, 0.2) is 42.5 Å². The summed E-state index contributed by atoms with van der Waals surface area (Å²) in [6.07, 6.45) is -0.340. The smallest absolute Gasteiger partial charge is 0.151 e. The van der Waals surface area contributed by atoms with E-state index in [1.54, 1.807) is 18.2 Å². The minimum atomic E-state index is -3.09. The van der Waals surface area contributed by atoms with Gasteiger partial charge in [-0.05, 0) is 49.6 Å². The first kappa shape index (κ1) is 21.7. The molecule has 2 unspecified atom stereocenters. The Labute approximate surface area is 172 Å². The molecule has 2 aromatic carbocycles. The third-order valence-electron chi connectivity index (χ3n) is 5.42. The summed E-state index contributed by atoms with van der Waals surface area (Å²) in [7, 11) is -3.09. The highest BCUT2D eigenvalue weighted by Gasteiger charge is 2.33. The molecule has 1 aliphatic heterocycles. The van der Waals surface area contributed by atoms with E-state index >= 15 is 0 Å². The summed E-state index contributed by atoms with van der Waals surface area (Å²) in [5, 5.41) is 10.5. The van der Waals surface area contributed by atoms with E-state index in [0.717, 1.165) is 11.1 Å². The van der Waals surface area contributed by atoms with Gasteiger partial charge in [0, 0.05) is 24.7 Å². The van der Waals surface area contributed by atoms with Crippen molar-refractivity contribution in [3.63, 3.8) is 0 Å². The van der Waals surface area contributed by atoms with Gasteiger partial charge in [-0.2, -0.15) is 0 Å². The molecular formula is C22H28FNO4S. The zero-order valence-electron chi connectivity index (χ0n) is 16.8. The van der Waals surface area contributed by atoms with Gasteiger partial charge in [0.05, 0.1) is 11.5 Å². The van der Waals surface area contributed by atoms with Gasteiger partial charge in [-0.3, -0.25) is 4.90 Å². The van der Waals surface area contributed by atoms with Crippen molar-refractivity contribution in [2.24, 2.45) is 0 Å². The predicted octanol–water partition coefficient (Wildman–Crippen LogP) is 2.87. The fourth-order valence-electron chi connectivity index (χ4n) is 3.57. The van der Waals surface area contributed by atoms with Crippen LogP contribution >= 0.6 is 0 Å². The molecule has 1 saturated heterocycles. The zero-order chi connectivity index (χ0) is 21.0. The molecule has 0 aliphatic carbocycles. The third kappa shape index (κ3) is 6.01. The summed E-state index contributed by atoms with van der Waals surface area (Å²) in [5.41, 5.74) is 2.75. The second kappa shape index (κ2) is 9.24. The SMILES string of the molecule is Cc1ccc(OCC(O)CN(Cc2ccccc2F)C2CCS(=O)(=O)C2)cc1C. The molecule has 3 rings (SSSR count). The van der Waals surface area contributed by atoms with Crippen molar-refractivity contribution in [3.05, 3.63) is 65.0 Å². The van der Waals surface area contributed by atoms with Crippen molar-refractivity contribution in [3.8, 4) is 5.75 Å². The van der Waals surface area contributed by atoms with Crippen LogP contribution in [-0.4, -0.2) is 55.2 Å². The standard InChI is InChI=1S/C22H28FNO4S/c1-16-7-8-21(11-17(16)2)28-14-20(25)13-24(19-9-10-29(26,27)15-19)12-18-5-3-4-6-22(18)23/h3-8,11,19-20,25H,9-10,12-15H2,1-2H3. The van der Waals surface area contributed by atoms with Crippen LogP contribution in [-0.2, 0) is 16.4 Å². The number of aliphatic hydroxyl groups is 1. The number of aryl methyl sites for hydroxylation is 2. The minimum Gasteiger partial charge on any atom is -0.491 e. The lowest BCUT2D eigenvalue weighted by Crippen LogP contribution is -2.42. The lowest BCUT2D eigenvalue weighted by atomic mass is 10.1. The number of hydrogen-bond donors (Lipinski definition) is 1. The van der Waals surface area contributed by atoms with Crippen molar-refractivity contribution in [1.82, 2.24) is 4.90 Å². The lowest BCUT2D eigenvalue weighted by molar-refractivity contribution is 0.0520. The van der Waals surface area contributed by atoms with Crippen molar-refractivity contribution in [2.45, 2.75) is 39.0 Å². The molecule has 2 atom stereocenters. The first-order valence-electron chi connectivity index (χ1n) is 9.79. The number of aliphatic hydroxyl groups excluding tert-OH is 1. The molecule has 0 bridgehead atoms. The van der Waals surface area contributed by atoms with Gasteiger partial charge < -0.3 is 9.84 Å². The zero-order valence-corrected chi connectivity index (χ0v) is 17.7.